The third-order valence-corrected chi connectivity index (χ3v) is 4.05. The number of pyridine rings is 1. The van der Waals surface area contributed by atoms with Crippen molar-refractivity contribution in [3.63, 3.8) is 0 Å². The average molecular weight is 319 g/mol. The number of nitrogens with one attached hydrogen (secondary N) is 1. The van der Waals surface area contributed by atoms with Gasteiger partial charge in [-0.15, -0.1) is 0 Å². The molecule has 1 unspecified atom stereocenters. The number of nitrogen functional groups attached to an aromatic ring is 1. The van der Waals surface area contributed by atoms with Crippen LogP contribution in [0.2, 0.25) is 0 Å². The van der Waals surface area contributed by atoms with Crippen LogP contribution in [-0.2, 0) is 0 Å². The Balaban J connectivity index is 2.03. The minimum Gasteiger partial charge on any atom is -0.368 e. The molecule has 0 saturated carbocycles. The third-order valence-electron chi connectivity index (χ3n) is 4.05. The molecule has 3 N–H and O–H groups in total. The van der Waals surface area contributed by atoms with Gasteiger partial charge in [0.1, 0.15) is 5.82 Å². The summed E-state index contributed by atoms with van der Waals surface area (Å²) in [7, 11) is 0. The number of rotatable bonds is 4. The van der Waals surface area contributed by atoms with E-state index in [9.17, 15) is 0 Å². The molecule has 2 aromatic heterocycles. The van der Waals surface area contributed by atoms with Crippen molar-refractivity contribution in [2.24, 2.45) is 0 Å². The zero-order valence-corrected chi connectivity index (χ0v) is 14.1. The number of anilines is 2. The second-order valence-electron chi connectivity index (χ2n) is 5.96. The summed E-state index contributed by atoms with van der Waals surface area (Å²) in [5, 5.41) is 3.47. The van der Waals surface area contributed by atoms with Gasteiger partial charge in [-0.3, -0.25) is 4.98 Å². The highest BCUT2D eigenvalue weighted by Crippen LogP contribution is 2.27. The summed E-state index contributed by atoms with van der Waals surface area (Å²) in [6.45, 7) is 6.13. The molecular weight excluding hydrogens is 298 g/mol. The summed E-state index contributed by atoms with van der Waals surface area (Å²) in [6.07, 6.45) is 3.64. The molecule has 1 atom stereocenters. The number of nitrogens with zero attached hydrogens (tertiary/aromatic N) is 3. The number of aryl methyl sites for hydroxylation is 3. The van der Waals surface area contributed by atoms with E-state index < -0.39 is 0 Å². The van der Waals surface area contributed by atoms with E-state index in [1.165, 1.54) is 11.1 Å². The Morgan fingerprint density at radius 2 is 1.79 bits per heavy atom. The molecule has 0 spiro atoms. The number of hydrogen-bond donors (Lipinski definition) is 2. The van der Waals surface area contributed by atoms with E-state index in [1.54, 1.807) is 6.20 Å². The van der Waals surface area contributed by atoms with Crippen molar-refractivity contribution in [2.75, 3.05) is 11.1 Å². The summed E-state index contributed by atoms with van der Waals surface area (Å²) in [5.41, 5.74) is 11.4. The lowest BCUT2D eigenvalue weighted by Crippen LogP contribution is -2.15. The lowest BCUT2D eigenvalue weighted by atomic mass is 9.96. The van der Waals surface area contributed by atoms with Crippen molar-refractivity contribution in [2.45, 2.75) is 26.8 Å². The molecule has 3 aromatic rings. The van der Waals surface area contributed by atoms with Gasteiger partial charge in [0.2, 0.25) is 5.95 Å². The molecule has 0 aliphatic heterocycles. The summed E-state index contributed by atoms with van der Waals surface area (Å²) < 4.78 is 0. The standard InChI is InChI=1S/C19H21N5/c1-12-6-7-15(9-13(12)2)18(16-5-4-8-21-11-16)23-17-10-14(3)22-19(20)24-17/h4-11,18H,1-3H3,(H3,20,22,23,24). The van der Waals surface area contributed by atoms with Crippen molar-refractivity contribution in [1.29, 1.82) is 0 Å². The van der Waals surface area contributed by atoms with Crippen LogP contribution < -0.4 is 11.1 Å². The molecule has 1 aromatic carbocycles. The molecule has 0 saturated heterocycles. The van der Waals surface area contributed by atoms with Crippen LogP contribution in [0.1, 0.15) is 34.0 Å². The van der Waals surface area contributed by atoms with Crippen LogP contribution in [0.3, 0.4) is 0 Å². The molecule has 0 amide bonds. The minimum absolute atomic E-state index is 0.0632. The van der Waals surface area contributed by atoms with E-state index in [2.05, 4.69) is 58.4 Å². The maximum atomic E-state index is 5.78. The number of nitrogens with two attached hydrogens (primary N) is 1. The predicted molar refractivity (Wildman–Crippen MR) is 96.8 cm³/mol. The van der Waals surface area contributed by atoms with Gasteiger partial charge in [0.25, 0.3) is 0 Å². The zero-order chi connectivity index (χ0) is 17.1. The first-order valence-corrected chi connectivity index (χ1v) is 7.87. The molecule has 0 aliphatic carbocycles. The van der Waals surface area contributed by atoms with E-state index in [0.717, 1.165) is 16.8 Å². The fourth-order valence-electron chi connectivity index (χ4n) is 2.66. The molecule has 0 radical (unpaired) electrons. The maximum absolute atomic E-state index is 5.78. The predicted octanol–water partition coefficient (Wildman–Crippen LogP) is 3.58. The van der Waals surface area contributed by atoms with E-state index in [4.69, 9.17) is 5.73 Å². The molecule has 122 valence electrons. The average Bonchev–Trinajstić information content (AvgIpc) is 2.55. The molecule has 5 nitrogen and oxygen atoms in total. The Labute approximate surface area is 142 Å². The summed E-state index contributed by atoms with van der Waals surface area (Å²) in [6, 6.07) is 12.3. The summed E-state index contributed by atoms with van der Waals surface area (Å²) in [5.74, 6) is 0.967. The van der Waals surface area contributed by atoms with Crippen LogP contribution in [0, 0.1) is 20.8 Å². The number of hydrogen-bond acceptors (Lipinski definition) is 5. The van der Waals surface area contributed by atoms with E-state index in [-0.39, 0.29) is 12.0 Å². The first-order valence-electron chi connectivity index (χ1n) is 7.87. The smallest absolute Gasteiger partial charge is 0.222 e. The van der Waals surface area contributed by atoms with Gasteiger partial charge in [0.15, 0.2) is 0 Å². The Kier molecular flexibility index (Phi) is 4.42. The van der Waals surface area contributed by atoms with E-state index >= 15 is 0 Å². The van der Waals surface area contributed by atoms with Crippen LogP contribution >= 0.6 is 0 Å². The molecular formula is C19H21N5. The van der Waals surface area contributed by atoms with Crippen LogP contribution in [0.4, 0.5) is 11.8 Å². The Hall–Kier alpha value is -2.95. The highest BCUT2D eigenvalue weighted by atomic mass is 15.1. The molecule has 0 fully saturated rings. The van der Waals surface area contributed by atoms with Gasteiger partial charge in [-0.2, -0.15) is 4.98 Å². The van der Waals surface area contributed by atoms with Gasteiger partial charge in [0, 0.05) is 24.2 Å². The van der Waals surface area contributed by atoms with Crippen molar-refractivity contribution < 1.29 is 0 Å². The second-order valence-corrected chi connectivity index (χ2v) is 5.96. The lowest BCUT2D eigenvalue weighted by Gasteiger charge is -2.21. The van der Waals surface area contributed by atoms with Gasteiger partial charge >= 0.3 is 0 Å². The monoisotopic (exact) mass is 319 g/mol. The summed E-state index contributed by atoms with van der Waals surface area (Å²) >= 11 is 0. The van der Waals surface area contributed by atoms with Gasteiger partial charge in [-0.25, -0.2) is 4.98 Å². The highest BCUT2D eigenvalue weighted by Gasteiger charge is 2.16. The van der Waals surface area contributed by atoms with E-state index in [0.29, 0.717) is 5.82 Å². The molecule has 5 heteroatoms. The third kappa shape index (κ3) is 3.51. The van der Waals surface area contributed by atoms with Crippen molar-refractivity contribution in [3.8, 4) is 0 Å². The van der Waals surface area contributed by atoms with Crippen molar-refractivity contribution >= 4 is 11.8 Å². The molecule has 3 rings (SSSR count). The van der Waals surface area contributed by atoms with E-state index in [1.807, 2.05) is 25.3 Å². The Bertz CT molecular complexity index is 825. The first kappa shape index (κ1) is 15.9. The molecule has 0 bridgehead atoms. The van der Waals surface area contributed by atoms with Crippen molar-refractivity contribution in [1.82, 2.24) is 15.0 Å². The number of benzene rings is 1. The van der Waals surface area contributed by atoms with Crippen LogP contribution in [0.25, 0.3) is 0 Å². The van der Waals surface area contributed by atoms with Crippen molar-refractivity contribution in [3.05, 3.63) is 76.7 Å². The van der Waals surface area contributed by atoms with Gasteiger partial charge in [0.05, 0.1) is 6.04 Å². The zero-order valence-electron chi connectivity index (χ0n) is 14.1. The molecule has 0 aliphatic rings. The largest absolute Gasteiger partial charge is 0.368 e. The maximum Gasteiger partial charge on any atom is 0.222 e. The van der Waals surface area contributed by atoms with Crippen LogP contribution in [0.5, 0.6) is 0 Å². The fraction of sp³-hybridized carbons (Fsp3) is 0.211. The Morgan fingerprint density at radius 1 is 0.958 bits per heavy atom. The molecule has 2 heterocycles. The van der Waals surface area contributed by atoms with Crippen LogP contribution in [-0.4, -0.2) is 15.0 Å². The SMILES string of the molecule is Cc1cc(NC(c2cccnc2)c2ccc(C)c(C)c2)nc(N)n1. The quantitative estimate of drug-likeness (QED) is 0.768. The first-order chi connectivity index (χ1) is 11.5. The normalized spacial score (nSPS) is 12.0. The highest BCUT2D eigenvalue weighted by molar-refractivity contribution is 5.47. The fourth-order valence-corrected chi connectivity index (χ4v) is 2.66. The minimum atomic E-state index is -0.0632. The van der Waals surface area contributed by atoms with Gasteiger partial charge < -0.3 is 11.1 Å². The van der Waals surface area contributed by atoms with Gasteiger partial charge in [-0.1, -0.05) is 24.3 Å². The second kappa shape index (κ2) is 6.66. The Morgan fingerprint density at radius 3 is 2.46 bits per heavy atom. The number of aromatic nitrogens is 3. The molecule has 24 heavy (non-hydrogen) atoms. The summed E-state index contributed by atoms with van der Waals surface area (Å²) in [4.78, 5) is 12.7. The lowest BCUT2D eigenvalue weighted by molar-refractivity contribution is 0.908. The topological polar surface area (TPSA) is 76.7 Å². The van der Waals surface area contributed by atoms with Gasteiger partial charge in [-0.05, 0) is 49.1 Å². The van der Waals surface area contributed by atoms with Crippen LogP contribution in [0.15, 0.2) is 48.8 Å².